The van der Waals surface area contributed by atoms with Crippen molar-refractivity contribution in [2.24, 2.45) is 10.9 Å². The monoisotopic (exact) mass is 209 g/mol. The van der Waals surface area contributed by atoms with Crippen LogP contribution in [0.1, 0.15) is 17.8 Å². The van der Waals surface area contributed by atoms with E-state index in [1.165, 1.54) is 0 Å². The van der Waals surface area contributed by atoms with Crippen LogP contribution in [0.4, 0.5) is 0 Å². The van der Waals surface area contributed by atoms with Gasteiger partial charge in [-0.3, -0.25) is 9.97 Å². The topological polar surface area (TPSA) is 96.4 Å². The van der Waals surface area contributed by atoms with E-state index in [0.29, 0.717) is 19.5 Å². The molecule has 1 rings (SSSR count). The molecule has 0 aliphatic heterocycles. The fraction of sp³-hybridized carbons (Fsp3) is 0.444. The van der Waals surface area contributed by atoms with Crippen molar-refractivity contribution in [3.63, 3.8) is 0 Å². The van der Waals surface area contributed by atoms with Crippen LogP contribution in [0.3, 0.4) is 0 Å². The predicted octanol–water partition coefficient (Wildman–Crippen LogP) is 0.0111. The largest absolute Gasteiger partial charge is 0.409 e. The van der Waals surface area contributed by atoms with E-state index in [1.807, 2.05) is 6.92 Å². The minimum Gasteiger partial charge on any atom is -0.409 e. The number of nitrogens with two attached hydrogens (primary N) is 1. The summed E-state index contributed by atoms with van der Waals surface area (Å²) in [7, 11) is 0. The zero-order valence-corrected chi connectivity index (χ0v) is 8.64. The Bertz CT molecular complexity index is 322. The number of hydrogen-bond donors (Lipinski definition) is 3. The Morgan fingerprint density at radius 2 is 2.33 bits per heavy atom. The van der Waals surface area contributed by atoms with Gasteiger partial charge in [0, 0.05) is 31.9 Å². The molecule has 4 N–H and O–H groups in total. The van der Waals surface area contributed by atoms with Crippen molar-refractivity contribution in [3.8, 4) is 0 Å². The van der Waals surface area contributed by atoms with E-state index in [-0.39, 0.29) is 5.84 Å². The third kappa shape index (κ3) is 4.37. The van der Waals surface area contributed by atoms with Gasteiger partial charge in [0.05, 0.1) is 11.4 Å². The van der Waals surface area contributed by atoms with Crippen LogP contribution >= 0.6 is 0 Å². The highest BCUT2D eigenvalue weighted by molar-refractivity contribution is 5.79. The summed E-state index contributed by atoms with van der Waals surface area (Å²) < 4.78 is 0. The molecule has 0 radical (unpaired) electrons. The number of aryl methyl sites for hydroxylation is 1. The van der Waals surface area contributed by atoms with Gasteiger partial charge in [0.15, 0.2) is 0 Å². The number of hydrogen-bond acceptors (Lipinski definition) is 5. The van der Waals surface area contributed by atoms with Crippen molar-refractivity contribution < 1.29 is 5.21 Å². The molecule has 0 saturated carbocycles. The number of aromatic nitrogens is 2. The summed E-state index contributed by atoms with van der Waals surface area (Å²) in [5.74, 6) is 0.220. The van der Waals surface area contributed by atoms with Gasteiger partial charge in [-0.25, -0.2) is 0 Å². The number of amidine groups is 1. The van der Waals surface area contributed by atoms with Crippen molar-refractivity contribution in [2.45, 2.75) is 19.9 Å². The van der Waals surface area contributed by atoms with Gasteiger partial charge in [-0.15, -0.1) is 0 Å². The van der Waals surface area contributed by atoms with Gasteiger partial charge in [0.1, 0.15) is 5.84 Å². The highest BCUT2D eigenvalue weighted by Gasteiger charge is 1.96. The maximum absolute atomic E-state index is 8.29. The molecule has 1 heterocycles. The van der Waals surface area contributed by atoms with Crippen molar-refractivity contribution in [1.82, 2.24) is 15.3 Å². The molecule has 0 unspecified atom stereocenters. The molecule has 0 aromatic carbocycles. The first-order valence-electron chi connectivity index (χ1n) is 4.67. The van der Waals surface area contributed by atoms with E-state index in [0.717, 1.165) is 11.4 Å². The molecule has 82 valence electrons. The van der Waals surface area contributed by atoms with Crippen molar-refractivity contribution >= 4 is 5.84 Å². The maximum Gasteiger partial charge on any atom is 0.140 e. The van der Waals surface area contributed by atoms with Crippen LogP contribution in [0.2, 0.25) is 0 Å². The predicted molar refractivity (Wildman–Crippen MR) is 56.5 cm³/mol. The minimum absolute atomic E-state index is 0.220. The first kappa shape index (κ1) is 11.4. The molecule has 1 aromatic heterocycles. The zero-order valence-electron chi connectivity index (χ0n) is 8.64. The van der Waals surface area contributed by atoms with Crippen molar-refractivity contribution in [2.75, 3.05) is 6.54 Å². The van der Waals surface area contributed by atoms with Gasteiger partial charge in [-0.2, -0.15) is 0 Å². The molecule has 1 aromatic rings. The van der Waals surface area contributed by atoms with E-state index in [9.17, 15) is 0 Å². The van der Waals surface area contributed by atoms with Crippen LogP contribution < -0.4 is 11.1 Å². The van der Waals surface area contributed by atoms with Gasteiger partial charge in [0.25, 0.3) is 0 Å². The average Bonchev–Trinajstić information content (AvgIpc) is 2.26. The lowest BCUT2D eigenvalue weighted by atomic mass is 10.3. The normalized spacial score (nSPS) is 11.7. The number of oxime groups is 1. The molecule has 0 bridgehead atoms. The summed E-state index contributed by atoms with van der Waals surface area (Å²) in [6.07, 6.45) is 3.96. The zero-order chi connectivity index (χ0) is 11.1. The fourth-order valence-electron chi connectivity index (χ4n) is 0.994. The van der Waals surface area contributed by atoms with Crippen LogP contribution in [0.15, 0.2) is 17.5 Å². The number of nitrogens with one attached hydrogen (secondary N) is 1. The van der Waals surface area contributed by atoms with Gasteiger partial charge >= 0.3 is 0 Å². The minimum atomic E-state index is 0.220. The Morgan fingerprint density at radius 3 is 2.93 bits per heavy atom. The lowest BCUT2D eigenvalue weighted by molar-refractivity contribution is 0.316. The fourth-order valence-corrected chi connectivity index (χ4v) is 0.994. The highest BCUT2D eigenvalue weighted by atomic mass is 16.4. The maximum atomic E-state index is 8.29. The molecule has 0 fully saturated rings. The molecule has 15 heavy (non-hydrogen) atoms. The van der Waals surface area contributed by atoms with E-state index < -0.39 is 0 Å². The van der Waals surface area contributed by atoms with Crippen LogP contribution in [-0.4, -0.2) is 27.6 Å². The average molecular weight is 209 g/mol. The van der Waals surface area contributed by atoms with Crippen molar-refractivity contribution in [3.05, 3.63) is 23.8 Å². The summed E-state index contributed by atoms with van der Waals surface area (Å²) in [6, 6.07) is 0. The van der Waals surface area contributed by atoms with Gasteiger partial charge in [0.2, 0.25) is 0 Å². The van der Waals surface area contributed by atoms with Crippen LogP contribution in [0, 0.1) is 6.92 Å². The Kier molecular flexibility index (Phi) is 4.49. The Morgan fingerprint density at radius 1 is 1.53 bits per heavy atom. The summed E-state index contributed by atoms with van der Waals surface area (Å²) in [6.45, 7) is 3.17. The smallest absolute Gasteiger partial charge is 0.140 e. The summed E-state index contributed by atoms with van der Waals surface area (Å²) >= 11 is 0. The van der Waals surface area contributed by atoms with E-state index in [4.69, 9.17) is 10.9 Å². The molecular weight excluding hydrogens is 194 g/mol. The molecule has 0 spiro atoms. The first-order valence-corrected chi connectivity index (χ1v) is 4.67. The summed E-state index contributed by atoms with van der Waals surface area (Å²) in [5.41, 5.74) is 7.08. The highest BCUT2D eigenvalue weighted by Crippen LogP contribution is 1.93. The Labute approximate surface area is 88.2 Å². The molecule has 0 atom stereocenters. The second-order valence-corrected chi connectivity index (χ2v) is 3.17. The molecule has 6 nitrogen and oxygen atoms in total. The molecule has 0 aliphatic carbocycles. The third-order valence-corrected chi connectivity index (χ3v) is 1.83. The lowest BCUT2D eigenvalue weighted by Gasteiger charge is -2.03. The first-order chi connectivity index (χ1) is 7.22. The van der Waals surface area contributed by atoms with Gasteiger partial charge in [-0.05, 0) is 6.92 Å². The van der Waals surface area contributed by atoms with Crippen LogP contribution in [0.5, 0.6) is 0 Å². The molecule has 0 saturated heterocycles. The van der Waals surface area contributed by atoms with Gasteiger partial charge < -0.3 is 16.3 Å². The summed E-state index contributed by atoms with van der Waals surface area (Å²) in [5, 5.41) is 14.3. The second-order valence-electron chi connectivity index (χ2n) is 3.17. The van der Waals surface area contributed by atoms with Gasteiger partial charge in [-0.1, -0.05) is 5.16 Å². The molecule has 6 heteroatoms. The SMILES string of the molecule is Cc1cnc(CNCCC(N)=NO)cn1. The molecule has 0 aliphatic rings. The third-order valence-electron chi connectivity index (χ3n) is 1.83. The van der Waals surface area contributed by atoms with Crippen LogP contribution in [0.25, 0.3) is 0 Å². The Hall–Kier alpha value is -1.69. The second kappa shape index (κ2) is 5.92. The van der Waals surface area contributed by atoms with Crippen molar-refractivity contribution in [1.29, 1.82) is 0 Å². The summed E-state index contributed by atoms with van der Waals surface area (Å²) in [4.78, 5) is 8.30. The molecular formula is C9H15N5O. The number of rotatable bonds is 5. The van der Waals surface area contributed by atoms with E-state index >= 15 is 0 Å². The van der Waals surface area contributed by atoms with E-state index in [2.05, 4.69) is 20.4 Å². The quantitative estimate of drug-likeness (QED) is 0.209. The standard InChI is InChI=1S/C9H15N5O/c1-7-4-13-8(6-12-7)5-11-3-2-9(10)14-15/h4,6,11,15H,2-3,5H2,1H3,(H2,10,14). The molecule has 0 amide bonds. The number of nitrogens with zero attached hydrogens (tertiary/aromatic N) is 3. The Balaban J connectivity index is 2.23. The lowest BCUT2D eigenvalue weighted by Crippen LogP contribution is -2.22. The van der Waals surface area contributed by atoms with E-state index in [1.54, 1.807) is 12.4 Å². The van der Waals surface area contributed by atoms with Crippen LogP contribution in [-0.2, 0) is 6.54 Å².